The molecule has 37 heavy (non-hydrogen) atoms. The molecule has 0 aliphatic rings. The van der Waals surface area contributed by atoms with Crippen LogP contribution in [0.4, 0.5) is 19.0 Å². The van der Waals surface area contributed by atoms with Crippen molar-refractivity contribution < 1.29 is 32.3 Å². The second kappa shape index (κ2) is 11.3. The average molecular weight is 557 g/mol. The Kier molecular flexibility index (Phi) is 8.34. The molecule has 0 aliphatic carbocycles. The second-order valence-electron chi connectivity index (χ2n) is 7.18. The standard InChI is InChI=1S/C20H16ClF3N8O4S/c1-8(29-16(34)12-4-13(28-7-27-12)17(35)32-31-9(2)33)19-26-6-14(37-19)18(36)30-15-3-10(20(22,23)24)11(21)5-25-15/h3-8H,1-2H3,(H,29,34)(H,31,33)(H,32,35)(H,25,30,36)/t8-/m1/s1. The highest BCUT2D eigenvalue weighted by molar-refractivity contribution is 7.13. The zero-order valence-corrected chi connectivity index (χ0v) is 20.4. The van der Waals surface area contributed by atoms with E-state index in [4.69, 9.17) is 11.6 Å². The molecule has 12 nitrogen and oxygen atoms in total. The largest absolute Gasteiger partial charge is 0.418 e. The maximum atomic E-state index is 13.0. The fourth-order valence-electron chi connectivity index (χ4n) is 2.64. The van der Waals surface area contributed by atoms with Crippen LogP contribution in [0.3, 0.4) is 0 Å². The Morgan fingerprint density at radius 2 is 1.62 bits per heavy atom. The number of alkyl halides is 3. The third kappa shape index (κ3) is 7.17. The minimum absolute atomic E-state index is 0.0420. The van der Waals surface area contributed by atoms with Gasteiger partial charge in [-0.2, -0.15) is 13.2 Å². The maximum absolute atomic E-state index is 13.0. The van der Waals surface area contributed by atoms with Gasteiger partial charge in [0.15, 0.2) is 0 Å². The summed E-state index contributed by atoms with van der Waals surface area (Å²) in [6.45, 7) is 2.76. The summed E-state index contributed by atoms with van der Waals surface area (Å²) >= 11 is 6.41. The van der Waals surface area contributed by atoms with Crippen LogP contribution < -0.4 is 21.5 Å². The molecule has 0 aliphatic heterocycles. The van der Waals surface area contributed by atoms with E-state index in [9.17, 15) is 32.3 Å². The van der Waals surface area contributed by atoms with E-state index in [0.717, 1.165) is 29.9 Å². The van der Waals surface area contributed by atoms with Gasteiger partial charge in [0.2, 0.25) is 5.91 Å². The van der Waals surface area contributed by atoms with E-state index < -0.39 is 46.4 Å². The van der Waals surface area contributed by atoms with E-state index in [1.165, 1.54) is 13.1 Å². The van der Waals surface area contributed by atoms with E-state index in [1.807, 2.05) is 0 Å². The zero-order chi connectivity index (χ0) is 27.3. The highest BCUT2D eigenvalue weighted by atomic mass is 35.5. The van der Waals surface area contributed by atoms with Crippen molar-refractivity contribution in [3.05, 3.63) is 62.7 Å². The van der Waals surface area contributed by atoms with Crippen LogP contribution >= 0.6 is 22.9 Å². The van der Waals surface area contributed by atoms with E-state index in [1.54, 1.807) is 6.92 Å². The SMILES string of the molecule is CC(=O)NNC(=O)c1cc(C(=O)N[C@H](C)c2ncc(C(=O)Nc3cc(C(F)(F)F)c(Cl)cn3)s2)ncn1. The number of carbonyl (C=O) groups is 4. The van der Waals surface area contributed by atoms with Crippen molar-refractivity contribution in [2.75, 3.05) is 5.32 Å². The van der Waals surface area contributed by atoms with Gasteiger partial charge in [0.25, 0.3) is 17.7 Å². The maximum Gasteiger partial charge on any atom is 0.418 e. The molecule has 3 rings (SSSR count). The molecule has 3 aromatic heterocycles. The van der Waals surface area contributed by atoms with Crippen molar-refractivity contribution in [2.24, 2.45) is 0 Å². The number of pyridine rings is 1. The molecule has 3 aromatic rings. The molecule has 0 unspecified atom stereocenters. The van der Waals surface area contributed by atoms with Gasteiger partial charge in [-0.3, -0.25) is 30.0 Å². The molecule has 17 heteroatoms. The number of carbonyl (C=O) groups excluding carboxylic acids is 4. The summed E-state index contributed by atoms with van der Waals surface area (Å²) in [4.78, 5) is 63.3. The Morgan fingerprint density at radius 3 is 2.27 bits per heavy atom. The van der Waals surface area contributed by atoms with Gasteiger partial charge >= 0.3 is 6.18 Å². The number of thiazole rings is 1. The van der Waals surface area contributed by atoms with Gasteiger partial charge in [0.1, 0.15) is 33.4 Å². The summed E-state index contributed by atoms with van der Waals surface area (Å²) in [6, 6.07) is 1.00. The molecule has 0 spiro atoms. The van der Waals surface area contributed by atoms with Crippen LogP contribution in [0.15, 0.2) is 30.9 Å². The number of aromatic nitrogens is 4. The number of hydrazine groups is 1. The Hall–Kier alpha value is -4.18. The fraction of sp³-hybridized carbons (Fsp3) is 0.200. The first-order valence-corrected chi connectivity index (χ1v) is 11.2. The molecular formula is C20H16ClF3N8O4S. The summed E-state index contributed by atoms with van der Waals surface area (Å²) in [6.07, 6.45) is -1.78. The third-order valence-corrected chi connectivity index (χ3v) is 5.83. The minimum Gasteiger partial charge on any atom is -0.342 e. The van der Waals surface area contributed by atoms with Crippen LogP contribution in [0.2, 0.25) is 5.02 Å². The average Bonchev–Trinajstić information content (AvgIpc) is 3.34. The lowest BCUT2D eigenvalue weighted by molar-refractivity contribution is -0.137. The van der Waals surface area contributed by atoms with E-state index >= 15 is 0 Å². The Bertz CT molecular complexity index is 1370. The van der Waals surface area contributed by atoms with E-state index in [-0.39, 0.29) is 22.1 Å². The van der Waals surface area contributed by atoms with Gasteiger partial charge < -0.3 is 10.6 Å². The lowest BCUT2D eigenvalue weighted by Gasteiger charge is -2.11. The first-order valence-electron chi connectivity index (χ1n) is 10.0. The number of nitrogens with one attached hydrogen (secondary N) is 4. The van der Waals surface area contributed by atoms with Crippen molar-refractivity contribution >= 4 is 52.4 Å². The van der Waals surface area contributed by atoms with Crippen LogP contribution in [-0.4, -0.2) is 43.6 Å². The quantitative estimate of drug-likeness (QED) is 0.336. The molecular weight excluding hydrogens is 541 g/mol. The van der Waals surface area contributed by atoms with Crippen molar-refractivity contribution in [3.8, 4) is 0 Å². The number of hydrogen-bond acceptors (Lipinski definition) is 9. The van der Waals surface area contributed by atoms with E-state index in [2.05, 4.69) is 41.4 Å². The summed E-state index contributed by atoms with van der Waals surface area (Å²) < 4.78 is 39.1. The number of nitrogens with zero attached hydrogens (tertiary/aromatic N) is 4. The lowest BCUT2D eigenvalue weighted by atomic mass is 10.2. The molecule has 0 saturated carbocycles. The predicted molar refractivity (Wildman–Crippen MR) is 124 cm³/mol. The van der Waals surface area contributed by atoms with Gasteiger partial charge in [-0.25, -0.2) is 19.9 Å². The molecule has 0 bridgehead atoms. The Morgan fingerprint density at radius 1 is 0.946 bits per heavy atom. The molecule has 3 heterocycles. The van der Waals surface area contributed by atoms with Crippen LogP contribution in [0, 0.1) is 0 Å². The van der Waals surface area contributed by atoms with Crippen LogP contribution in [-0.2, 0) is 11.0 Å². The second-order valence-corrected chi connectivity index (χ2v) is 8.65. The summed E-state index contributed by atoms with van der Waals surface area (Å²) in [7, 11) is 0. The summed E-state index contributed by atoms with van der Waals surface area (Å²) in [5.41, 5.74) is 2.70. The minimum atomic E-state index is -4.73. The molecule has 0 radical (unpaired) electrons. The zero-order valence-electron chi connectivity index (χ0n) is 18.8. The Labute approximate surface area is 215 Å². The normalized spacial score (nSPS) is 11.8. The fourth-order valence-corrected chi connectivity index (χ4v) is 3.67. The molecule has 0 fully saturated rings. The van der Waals surface area contributed by atoms with Crippen molar-refractivity contribution in [2.45, 2.75) is 26.1 Å². The van der Waals surface area contributed by atoms with Gasteiger partial charge in [0.05, 0.1) is 22.8 Å². The van der Waals surface area contributed by atoms with Crippen molar-refractivity contribution in [1.29, 1.82) is 0 Å². The predicted octanol–water partition coefficient (Wildman–Crippen LogP) is 2.52. The van der Waals surface area contributed by atoms with Crippen LogP contribution in [0.1, 0.15) is 61.1 Å². The topological polar surface area (TPSA) is 168 Å². The monoisotopic (exact) mass is 556 g/mol. The summed E-state index contributed by atoms with van der Waals surface area (Å²) in [5.74, 6) is -3.10. The van der Waals surface area contributed by atoms with Gasteiger partial charge in [-0.15, -0.1) is 11.3 Å². The highest BCUT2D eigenvalue weighted by Crippen LogP contribution is 2.35. The van der Waals surface area contributed by atoms with E-state index in [0.29, 0.717) is 11.1 Å². The molecule has 194 valence electrons. The number of anilines is 1. The van der Waals surface area contributed by atoms with Crippen LogP contribution in [0.5, 0.6) is 0 Å². The molecule has 4 N–H and O–H groups in total. The first kappa shape index (κ1) is 27.4. The van der Waals surface area contributed by atoms with Crippen molar-refractivity contribution in [1.82, 2.24) is 36.1 Å². The lowest BCUT2D eigenvalue weighted by Crippen LogP contribution is -2.40. The number of hydrogen-bond donors (Lipinski definition) is 4. The Balaban J connectivity index is 1.65. The van der Waals surface area contributed by atoms with Gasteiger partial charge in [0, 0.05) is 19.2 Å². The van der Waals surface area contributed by atoms with Gasteiger partial charge in [-0.1, -0.05) is 11.6 Å². The highest BCUT2D eigenvalue weighted by Gasteiger charge is 2.34. The third-order valence-electron chi connectivity index (χ3n) is 4.35. The van der Waals surface area contributed by atoms with Gasteiger partial charge in [-0.05, 0) is 13.0 Å². The first-order chi connectivity index (χ1) is 17.3. The number of halogens is 4. The van der Waals surface area contributed by atoms with Crippen LogP contribution in [0.25, 0.3) is 0 Å². The summed E-state index contributed by atoms with van der Waals surface area (Å²) in [5, 5.41) is 4.53. The molecule has 1 atom stereocenters. The number of rotatable bonds is 6. The van der Waals surface area contributed by atoms with Crippen molar-refractivity contribution in [3.63, 3.8) is 0 Å². The number of amides is 4. The molecule has 4 amide bonds. The molecule has 0 saturated heterocycles. The molecule has 0 aromatic carbocycles. The smallest absolute Gasteiger partial charge is 0.342 e.